The standard InChI is InChI=1S/2C7H15Si.Zn/c2*1-5-6-7-8(2,3)4;/h2*6H,5H2,1-4H3;/q2*-1;+2. The first kappa shape index (κ1) is 22.7. The predicted molar refractivity (Wildman–Crippen MR) is 82.9 cm³/mol. The van der Waals surface area contributed by atoms with Gasteiger partial charge in [-0.3, -0.25) is 12.2 Å². The molecule has 0 nitrogen and oxygen atoms in total. The van der Waals surface area contributed by atoms with Crippen LogP contribution < -0.4 is 0 Å². The quantitative estimate of drug-likeness (QED) is 0.489. The Morgan fingerprint density at radius 2 is 0.941 bits per heavy atom. The van der Waals surface area contributed by atoms with Crippen molar-refractivity contribution in [3.8, 4) is 0 Å². The van der Waals surface area contributed by atoms with Crippen LogP contribution in [0.15, 0.2) is 12.2 Å². The van der Waals surface area contributed by atoms with Crippen LogP contribution in [0.1, 0.15) is 26.7 Å². The zero-order chi connectivity index (χ0) is 13.2. The Hall–Kier alpha value is 0.537. The maximum absolute atomic E-state index is 3.39. The molecule has 0 aliphatic rings. The second-order valence-corrected chi connectivity index (χ2v) is 15.6. The van der Waals surface area contributed by atoms with Crippen LogP contribution in [-0.2, 0) is 19.5 Å². The van der Waals surface area contributed by atoms with Gasteiger partial charge in [0.2, 0.25) is 0 Å². The minimum Gasteiger partial charge on any atom is -0.502 e. The number of hydrogen-bond donors (Lipinski definition) is 0. The molecule has 0 aliphatic heterocycles. The fraction of sp³-hybridized carbons (Fsp3) is 0.714. The van der Waals surface area contributed by atoms with Gasteiger partial charge in [0.05, 0.1) is 0 Å². The third kappa shape index (κ3) is 31.5. The SMILES string of the molecule is CCC=[C-][Si](C)(C)C.CCC=[C-][Si](C)(C)C.[Zn+2]. The molecule has 0 radical (unpaired) electrons. The molecule has 0 saturated carbocycles. The number of rotatable bonds is 4. The summed E-state index contributed by atoms with van der Waals surface area (Å²) in [5, 5.41) is 0. The van der Waals surface area contributed by atoms with Crippen LogP contribution in [0.4, 0.5) is 0 Å². The fourth-order valence-corrected chi connectivity index (χ4v) is 2.45. The molecule has 0 atom stereocenters. The molecule has 0 aliphatic carbocycles. The minimum atomic E-state index is -0.984. The van der Waals surface area contributed by atoms with Crippen molar-refractivity contribution in [3.05, 3.63) is 23.6 Å². The van der Waals surface area contributed by atoms with Crippen LogP contribution >= 0.6 is 0 Å². The first-order valence-corrected chi connectivity index (χ1v) is 13.3. The van der Waals surface area contributed by atoms with Gasteiger partial charge < -0.3 is 11.4 Å². The summed E-state index contributed by atoms with van der Waals surface area (Å²) in [6.07, 6.45) is 6.55. The predicted octanol–water partition coefficient (Wildman–Crippen LogP) is 5.26. The van der Waals surface area contributed by atoms with Gasteiger partial charge in [-0.2, -0.15) is 0 Å². The Balaban J connectivity index is -0.000000218. The molecule has 0 fully saturated rings. The average Bonchev–Trinajstić information content (AvgIpc) is 2.10. The van der Waals surface area contributed by atoms with Gasteiger partial charge in [0.15, 0.2) is 0 Å². The van der Waals surface area contributed by atoms with Crippen LogP contribution in [0.25, 0.3) is 0 Å². The molecule has 0 amide bonds. The average molecular weight is 320 g/mol. The molecule has 0 bridgehead atoms. The molecular formula is C14H30Si2Zn. The van der Waals surface area contributed by atoms with Gasteiger partial charge in [0.25, 0.3) is 0 Å². The Labute approximate surface area is 125 Å². The van der Waals surface area contributed by atoms with E-state index in [1.807, 2.05) is 0 Å². The van der Waals surface area contributed by atoms with E-state index < -0.39 is 16.1 Å². The largest absolute Gasteiger partial charge is 2.00 e. The van der Waals surface area contributed by atoms with Crippen LogP contribution in [0.2, 0.25) is 39.3 Å². The van der Waals surface area contributed by atoms with Crippen molar-refractivity contribution in [2.75, 3.05) is 0 Å². The second-order valence-electron chi connectivity index (χ2n) is 6.01. The molecule has 0 rings (SSSR count). The summed E-state index contributed by atoms with van der Waals surface area (Å²) < 4.78 is 0. The maximum atomic E-state index is 3.39. The topological polar surface area (TPSA) is 0 Å². The van der Waals surface area contributed by atoms with E-state index in [2.05, 4.69) is 76.7 Å². The monoisotopic (exact) mass is 318 g/mol. The van der Waals surface area contributed by atoms with Crippen LogP contribution in [0, 0.1) is 11.4 Å². The molecule has 0 N–H and O–H groups in total. The Morgan fingerprint density at radius 1 is 0.706 bits per heavy atom. The first-order valence-electron chi connectivity index (χ1n) is 6.31. The van der Waals surface area contributed by atoms with E-state index in [1.54, 1.807) is 0 Å². The normalized spacial score (nSPS) is 12.2. The van der Waals surface area contributed by atoms with Gasteiger partial charge in [-0.1, -0.05) is 66.0 Å². The van der Waals surface area contributed by atoms with Gasteiger partial charge in [-0.25, -0.2) is 0 Å². The van der Waals surface area contributed by atoms with Crippen molar-refractivity contribution < 1.29 is 19.5 Å². The van der Waals surface area contributed by atoms with Crippen molar-refractivity contribution in [1.29, 1.82) is 0 Å². The molecule has 0 saturated heterocycles. The molecule has 0 aromatic carbocycles. The number of allylic oxidation sites excluding steroid dienone is 2. The summed E-state index contributed by atoms with van der Waals surface area (Å²) in [6, 6.07) is 0. The molecule has 3 heteroatoms. The van der Waals surface area contributed by atoms with Crippen molar-refractivity contribution in [2.45, 2.75) is 66.0 Å². The zero-order valence-electron chi connectivity index (χ0n) is 13.3. The van der Waals surface area contributed by atoms with Crippen molar-refractivity contribution in [1.82, 2.24) is 0 Å². The molecule has 0 spiro atoms. The van der Waals surface area contributed by atoms with E-state index in [1.165, 1.54) is 0 Å². The fourth-order valence-electron chi connectivity index (χ4n) is 0.816. The van der Waals surface area contributed by atoms with Crippen LogP contribution in [-0.4, -0.2) is 16.1 Å². The van der Waals surface area contributed by atoms with E-state index >= 15 is 0 Å². The van der Waals surface area contributed by atoms with E-state index in [4.69, 9.17) is 0 Å². The summed E-state index contributed by atoms with van der Waals surface area (Å²) >= 11 is 0. The first-order chi connectivity index (χ1) is 7.12. The van der Waals surface area contributed by atoms with Crippen molar-refractivity contribution in [3.63, 3.8) is 0 Å². The van der Waals surface area contributed by atoms with Gasteiger partial charge in [-0.15, -0.1) is 16.1 Å². The Kier molecular flexibility index (Phi) is 15.5. The molecule has 17 heavy (non-hydrogen) atoms. The van der Waals surface area contributed by atoms with Gasteiger partial charge in [0, 0.05) is 0 Å². The summed E-state index contributed by atoms with van der Waals surface area (Å²) in [4.78, 5) is 0. The summed E-state index contributed by atoms with van der Waals surface area (Å²) in [6.45, 7) is 18.0. The third-order valence-electron chi connectivity index (χ3n) is 1.48. The Bertz CT molecular complexity index is 183. The van der Waals surface area contributed by atoms with E-state index in [0.29, 0.717) is 0 Å². The second kappa shape index (κ2) is 11.6. The Morgan fingerprint density at radius 3 is 1.00 bits per heavy atom. The van der Waals surface area contributed by atoms with E-state index in [9.17, 15) is 0 Å². The summed E-state index contributed by atoms with van der Waals surface area (Å²) in [7, 11) is -1.97. The van der Waals surface area contributed by atoms with Gasteiger partial charge in [-0.05, 0) is 0 Å². The number of hydrogen-bond acceptors (Lipinski definition) is 0. The third-order valence-corrected chi connectivity index (χ3v) is 3.62. The summed E-state index contributed by atoms with van der Waals surface area (Å²) in [5.41, 5.74) is 6.77. The molecular weight excluding hydrogens is 290 g/mol. The van der Waals surface area contributed by atoms with Crippen molar-refractivity contribution >= 4 is 16.1 Å². The van der Waals surface area contributed by atoms with E-state index in [0.717, 1.165) is 12.8 Å². The molecule has 96 valence electrons. The maximum Gasteiger partial charge on any atom is 2.00 e. The van der Waals surface area contributed by atoms with E-state index in [-0.39, 0.29) is 19.5 Å². The minimum absolute atomic E-state index is 0. The molecule has 0 unspecified atom stereocenters. The van der Waals surface area contributed by atoms with Gasteiger partial charge >= 0.3 is 19.5 Å². The smallest absolute Gasteiger partial charge is 0.502 e. The summed E-state index contributed by atoms with van der Waals surface area (Å²) in [5.74, 6) is 0. The molecule has 0 aromatic heterocycles. The van der Waals surface area contributed by atoms with Crippen LogP contribution in [0.5, 0.6) is 0 Å². The van der Waals surface area contributed by atoms with Crippen LogP contribution in [0.3, 0.4) is 0 Å². The molecule has 0 aromatic rings. The zero-order valence-corrected chi connectivity index (χ0v) is 18.2. The molecule has 0 heterocycles. The van der Waals surface area contributed by atoms with Gasteiger partial charge in [0.1, 0.15) is 0 Å². The van der Waals surface area contributed by atoms with Crippen molar-refractivity contribution in [2.24, 2.45) is 0 Å².